The second-order valence-electron chi connectivity index (χ2n) is 2.53. The van der Waals surface area contributed by atoms with E-state index in [1.54, 1.807) is 0 Å². The molecule has 0 heterocycles. The van der Waals surface area contributed by atoms with Gasteiger partial charge in [-0.15, -0.1) is 3.89 Å². The Hall–Kier alpha value is -1.11. The van der Waals surface area contributed by atoms with Gasteiger partial charge in [0, 0.05) is 17.7 Å². The van der Waals surface area contributed by atoms with Crippen LogP contribution in [0.15, 0.2) is 12.1 Å². The van der Waals surface area contributed by atoms with Gasteiger partial charge in [0.1, 0.15) is 23.2 Å². The summed E-state index contributed by atoms with van der Waals surface area (Å²) in [6.45, 7) is 0. The fourth-order valence-corrected chi connectivity index (χ4v) is 1.50. The van der Waals surface area contributed by atoms with Gasteiger partial charge in [-0.2, -0.15) is 8.42 Å². The van der Waals surface area contributed by atoms with Crippen LogP contribution >= 0.6 is 0 Å². The Morgan fingerprint density at radius 3 is 1.86 bits per heavy atom. The maximum atomic E-state index is 12.7. The lowest BCUT2D eigenvalue weighted by molar-refractivity contribution is 0.518. The lowest BCUT2D eigenvalue weighted by Crippen LogP contribution is -2.03. The molecule has 0 N–H and O–H groups in total. The van der Waals surface area contributed by atoms with Crippen molar-refractivity contribution in [2.45, 2.75) is 5.75 Å². The maximum Gasteiger partial charge on any atom is 0.306 e. The van der Waals surface area contributed by atoms with Gasteiger partial charge in [-0.1, -0.05) is 0 Å². The second-order valence-corrected chi connectivity index (χ2v) is 3.90. The lowest BCUT2D eigenvalue weighted by atomic mass is 10.2. The quantitative estimate of drug-likeness (QED) is 0.572. The molecule has 0 radical (unpaired) electrons. The zero-order chi connectivity index (χ0) is 10.9. The van der Waals surface area contributed by atoms with E-state index in [9.17, 15) is 25.5 Å². The molecule has 1 rings (SSSR count). The molecule has 0 fully saturated rings. The van der Waals surface area contributed by atoms with Gasteiger partial charge in [0.15, 0.2) is 0 Å². The highest BCUT2D eigenvalue weighted by atomic mass is 32.3. The van der Waals surface area contributed by atoms with Crippen LogP contribution in [-0.4, -0.2) is 8.42 Å². The van der Waals surface area contributed by atoms with Crippen molar-refractivity contribution in [1.29, 1.82) is 0 Å². The SMILES string of the molecule is O=S(=O)(F)Cc1c(F)cc(F)cc1F. The number of hydrogen-bond acceptors (Lipinski definition) is 2. The summed E-state index contributed by atoms with van der Waals surface area (Å²) in [5.41, 5.74) is -1.01. The van der Waals surface area contributed by atoms with Crippen LogP contribution in [0.4, 0.5) is 17.1 Å². The van der Waals surface area contributed by atoms with E-state index in [2.05, 4.69) is 0 Å². The Morgan fingerprint density at radius 2 is 1.50 bits per heavy atom. The number of hydrogen-bond donors (Lipinski definition) is 0. The predicted molar refractivity (Wildman–Crippen MR) is 40.0 cm³/mol. The molecule has 0 saturated carbocycles. The van der Waals surface area contributed by atoms with E-state index in [0.29, 0.717) is 0 Å². The summed E-state index contributed by atoms with van der Waals surface area (Å²) in [4.78, 5) is 0. The minimum atomic E-state index is -5.04. The van der Waals surface area contributed by atoms with Gasteiger partial charge in [0.25, 0.3) is 0 Å². The van der Waals surface area contributed by atoms with Crippen LogP contribution in [0.25, 0.3) is 0 Å². The molecule has 0 aliphatic carbocycles. The summed E-state index contributed by atoms with van der Waals surface area (Å²) in [5, 5.41) is 0. The molecule has 14 heavy (non-hydrogen) atoms. The van der Waals surface area contributed by atoms with E-state index in [-0.39, 0.29) is 12.1 Å². The highest BCUT2D eigenvalue weighted by Gasteiger charge is 2.18. The molecule has 0 aromatic heterocycles. The lowest BCUT2D eigenvalue weighted by Gasteiger charge is -2.01. The fourth-order valence-electron chi connectivity index (χ4n) is 0.882. The molecule has 1 aromatic carbocycles. The molecule has 0 amide bonds. The van der Waals surface area contributed by atoms with E-state index in [1.807, 2.05) is 0 Å². The third kappa shape index (κ3) is 2.69. The molecule has 0 atom stereocenters. The van der Waals surface area contributed by atoms with Gasteiger partial charge in [0.2, 0.25) is 0 Å². The first-order valence-corrected chi connectivity index (χ1v) is 4.90. The molecule has 2 nitrogen and oxygen atoms in total. The summed E-state index contributed by atoms with van der Waals surface area (Å²) in [7, 11) is -5.04. The Morgan fingerprint density at radius 1 is 1.07 bits per heavy atom. The van der Waals surface area contributed by atoms with Crippen LogP contribution in [0.1, 0.15) is 5.56 Å². The summed E-state index contributed by atoms with van der Waals surface area (Å²) in [6.07, 6.45) is 0. The number of halogens is 4. The zero-order valence-corrected chi connectivity index (χ0v) is 7.41. The van der Waals surface area contributed by atoms with Gasteiger partial charge in [-0.3, -0.25) is 0 Å². The highest BCUT2D eigenvalue weighted by Crippen LogP contribution is 2.17. The van der Waals surface area contributed by atoms with Crippen molar-refractivity contribution in [1.82, 2.24) is 0 Å². The third-order valence-electron chi connectivity index (χ3n) is 1.42. The number of benzene rings is 1. The van der Waals surface area contributed by atoms with Crippen molar-refractivity contribution >= 4 is 10.2 Å². The fraction of sp³-hybridized carbons (Fsp3) is 0.143. The zero-order valence-electron chi connectivity index (χ0n) is 6.60. The summed E-state index contributed by atoms with van der Waals surface area (Å²) < 4.78 is 70.1. The average Bonchev–Trinajstić information content (AvgIpc) is 1.95. The number of rotatable bonds is 2. The van der Waals surface area contributed by atoms with Crippen LogP contribution in [0, 0.1) is 17.5 Å². The minimum absolute atomic E-state index is 0.281. The molecule has 0 unspecified atom stereocenters. The Labute approximate surface area is 77.4 Å². The van der Waals surface area contributed by atoms with Crippen molar-refractivity contribution in [2.24, 2.45) is 0 Å². The van der Waals surface area contributed by atoms with Crippen LogP contribution in [0.5, 0.6) is 0 Å². The first kappa shape index (κ1) is 11.0. The van der Waals surface area contributed by atoms with E-state index in [4.69, 9.17) is 0 Å². The molecule has 78 valence electrons. The van der Waals surface area contributed by atoms with E-state index in [1.165, 1.54) is 0 Å². The van der Waals surface area contributed by atoms with Gasteiger partial charge >= 0.3 is 10.2 Å². The van der Waals surface area contributed by atoms with E-state index < -0.39 is 39.0 Å². The van der Waals surface area contributed by atoms with E-state index in [0.717, 1.165) is 0 Å². The van der Waals surface area contributed by atoms with Gasteiger partial charge in [-0.25, -0.2) is 13.2 Å². The van der Waals surface area contributed by atoms with Crippen LogP contribution in [0.3, 0.4) is 0 Å². The molecular weight excluding hydrogens is 224 g/mol. The van der Waals surface area contributed by atoms with Crippen molar-refractivity contribution in [3.05, 3.63) is 35.1 Å². The standard InChI is InChI=1S/C7H4F4O2S/c8-4-1-6(9)5(7(10)2-4)3-14(11,12)13/h1-2H,3H2. The molecular formula is C7H4F4O2S. The molecule has 0 saturated heterocycles. The molecule has 0 spiro atoms. The van der Waals surface area contributed by atoms with Crippen molar-refractivity contribution in [2.75, 3.05) is 0 Å². The summed E-state index contributed by atoms with van der Waals surface area (Å²) >= 11 is 0. The first-order chi connectivity index (χ1) is 6.29. The molecule has 0 aliphatic rings. The summed E-state index contributed by atoms with van der Waals surface area (Å²) in [6, 6.07) is 0.563. The smallest absolute Gasteiger partial charge is 0.207 e. The van der Waals surface area contributed by atoms with Gasteiger partial charge in [-0.05, 0) is 0 Å². The predicted octanol–water partition coefficient (Wildman–Crippen LogP) is 1.90. The Balaban J connectivity index is 3.22. The maximum absolute atomic E-state index is 12.7. The van der Waals surface area contributed by atoms with Crippen LogP contribution in [-0.2, 0) is 16.0 Å². The van der Waals surface area contributed by atoms with Crippen molar-refractivity contribution in [3.63, 3.8) is 0 Å². The normalized spacial score (nSPS) is 11.7. The topological polar surface area (TPSA) is 34.1 Å². The molecule has 7 heteroatoms. The highest BCUT2D eigenvalue weighted by molar-refractivity contribution is 7.85. The average molecular weight is 228 g/mol. The second kappa shape index (κ2) is 3.56. The Bertz CT molecular complexity index is 432. The largest absolute Gasteiger partial charge is 0.306 e. The molecule has 0 bridgehead atoms. The van der Waals surface area contributed by atoms with Crippen molar-refractivity contribution < 1.29 is 25.5 Å². The van der Waals surface area contributed by atoms with Gasteiger partial charge < -0.3 is 0 Å². The Kier molecular flexibility index (Phi) is 2.79. The van der Waals surface area contributed by atoms with E-state index >= 15 is 0 Å². The van der Waals surface area contributed by atoms with Gasteiger partial charge in [0.05, 0.1) is 0 Å². The molecule has 0 aliphatic heterocycles. The minimum Gasteiger partial charge on any atom is -0.207 e. The molecule has 1 aromatic rings. The van der Waals surface area contributed by atoms with Crippen LogP contribution < -0.4 is 0 Å². The first-order valence-electron chi connectivity index (χ1n) is 3.35. The van der Waals surface area contributed by atoms with Crippen LogP contribution in [0.2, 0.25) is 0 Å². The summed E-state index contributed by atoms with van der Waals surface area (Å²) in [5.74, 6) is -5.49. The monoisotopic (exact) mass is 228 g/mol. The van der Waals surface area contributed by atoms with Crippen molar-refractivity contribution in [3.8, 4) is 0 Å². The third-order valence-corrected chi connectivity index (χ3v) is 2.06.